The molecule has 2 heteroatoms. The number of hydrogen-bond acceptors (Lipinski definition) is 2. The summed E-state index contributed by atoms with van der Waals surface area (Å²) in [6.45, 7) is 2.16. The van der Waals surface area contributed by atoms with Crippen LogP contribution in [0.25, 0.3) is 0 Å². The van der Waals surface area contributed by atoms with E-state index < -0.39 is 0 Å². The van der Waals surface area contributed by atoms with E-state index in [-0.39, 0.29) is 6.04 Å². The summed E-state index contributed by atoms with van der Waals surface area (Å²) in [5.41, 5.74) is 8.91. The number of aryl methyl sites for hydroxylation is 1. The predicted molar refractivity (Wildman–Crippen MR) is 71.3 cm³/mol. The van der Waals surface area contributed by atoms with Crippen molar-refractivity contribution in [2.75, 3.05) is 7.11 Å². The Morgan fingerprint density at radius 3 is 2.65 bits per heavy atom. The van der Waals surface area contributed by atoms with Crippen molar-refractivity contribution >= 4 is 0 Å². The molecular weight excluding hydrogens is 210 g/mol. The number of ether oxygens (including phenoxy) is 1. The fourth-order valence-corrected chi connectivity index (χ4v) is 2.87. The lowest BCUT2D eigenvalue weighted by Crippen LogP contribution is -2.19. The van der Waals surface area contributed by atoms with Crippen molar-refractivity contribution in [3.63, 3.8) is 0 Å². The molecule has 2 rings (SSSR count). The van der Waals surface area contributed by atoms with Gasteiger partial charge in [-0.1, -0.05) is 31.9 Å². The molecule has 17 heavy (non-hydrogen) atoms. The highest BCUT2D eigenvalue weighted by molar-refractivity contribution is 5.38. The maximum Gasteiger partial charge on any atom is 0.122 e. The van der Waals surface area contributed by atoms with Gasteiger partial charge in [0, 0.05) is 6.04 Å². The highest BCUT2D eigenvalue weighted by Crippen LogP contribution is 2.35. The molecule has 0 aromatic heterocycles. The smallest absolute Gasteiger partial charge is 0.122 e. The SMILES string of the molecule is CCc1cc(C(N)C2CCCC2)ccc1OC. The first-order chi connectivity index (χ1) is 8.26. The minimum atomic E-state index is 0.203. The predicted octanol–water partition coefficient (Wildman–Crippen LogP) is 3.45. The minimum Gasteiger partial charge on any atom is -0.496 e. The highest BCUT2D eigenvalue weighted by Gasteiger charge is 2.23. The van der Waals surface area contributed by atoms with Crippen LogP contribution in [-0.4, -0.2) is 7.11 Å². The molecule has 94 valence electrons. The van der Waals surface area contributed by atoms with Gasteiger partial charge in [0.25, 0.3) is 0 Å². The number of rotatable bonds is 4. The Bertz CT molecular complexity index is 369. The summed E-state index contributed by atoms with van der Waals surface area (Å²) in [5.74, 6) is 1.66. The van der Waals surface area contributed by atoms with Crippen molar-refractivity contribution in [1.82, 2.24) is 0 Å². The molecule has 0 bridgehead atoms. The first kappa shape index (κ1) is 12.4. The molecular formula is C15H23NO. The van der Waals surface area contributed by atoms with E-state index in [4.69, 9.17) is 10.5 Å². The van der Waals surface area contributed by atoms with Crippen molar-refractivity contribution in [1.29, 1.82) is 0 Å². The molecule has 1 fully saturated rings. The summed E-state index contributed by atoms with van der Waals surface area (Å²) < 4.78 is 5.36. The second-order valence-electron chi connectivity index (χ2n) is 5.00. The Labute approximate surface area is 104 Å². The molecule has 1 atom stereocenters. The fraction of sp³-hybridized carbons (Fsp3) is 0.600. The number of hydrogen-bond donors (Lipinski definition) is 1. The van der Waals surface area contributed by atoms with Crippen LogP contribution < -0.4 is 10.5 Å². The van der Waals surface area contributed by atoms with Gasteiger partial charge in [0.2, 0.25) is 0 Å². The molecule has 1 aliphatic rings. The van der Waals surface area contributed by atoms with Crippen LogP contribution >= 0.6 is 0 Å². The number of methoxy groups -OCH3 is 1. The molecule has 2 N–H and O–H groups in total. The molecule has 1 aromatic rings. The lowest BCUT2D eigenvalue weighted by Gasteiger charge is -2.20. The van der Waals surface area contributed by atoms with Crippen LogP contribution in [0, 0.1) is 5.92 Å². The Morgan fingerprint density at radius 2 is 2.06 bits per heavy atom. The van der Waals surface area contributed by atoms with Gasteiger partial charge in [-0.25, -0.2) is 0 Å². The van der Waals surface area contributed by atoms with Crippen molar-refractivity contribution in [3.05, 3.63) is 29.3 Å². The molecule has 0 aliphatic heterocycles. The van der Waals surface area contributed by atoms with Gasteiger partial charge in [-0.3, -0.25) is 0 Å². The Balaban J connectivity index is 2.20. The summed E-state index contributed by atoms with van der Waals surface area (Å²) in [6.07, 6.45) is 6.25. The van der Waals surface area contributed by atoms with Gasteiger partial charge in [-0.05, 0) is 42.4 Å². The van der Waals surface area contributed by atoms with Gasteiger partial charge < -0.3 is 10.5 Å². The fourth-order valence-electron chi connectivity index (χ4n) is 2.87. The van der Waals surface area contributed by atoms with Crippen LogP contribution in [0.3, 0.4) is 0 Å². The van der Waals surface area contributed by atoms with E-state index >= 15 is 0 Å². The molecule has 1 aromatic carbocycles. The number of nitrogens with two attached hydrogens (primary N) is 1. The largest absolute Gasteiger partial charge is 0.496 e. The average molecular weight is 233 g/mol. The zero-order valence-corrected chi connectivity index (χ0v) is 10.9. The average Bonchev–Trinajstić information content (AvgIpc) is 2.90. The monoisotopic (exact) mass is 233 g/mol. The topological polar surface area (TPSA) is 35.2 Å². The van der Waals surface area contributed by atoms with Crippen LogP contribution in [0.5, 0.6) is 5.75 Å². The molecule has 0 heterocycles. The van der Waals surface area contributed by atoms with Gasteiger partial charge in [0.05, 0.1) is 7.11 Å². The van der Waals surface area contributed by atoms with E-state index in [0.717, 1.165) is 12.2 Å². The summed E-state index contributed by atoms with van der Waals surface area (Å²) in [6, 6.07) is 6.61. The quantitative estimate of drug-likeness (QED) is 0.864. The van der Waals surface area contributed by atoms with Gasteiger partial charge >= 0.3 is 0 Å². The van der Waals surface area contributed by atoms with Gasteiger partial charge in [0.15, 0.2) is 0 Å². The van der Waals surface area contributed by atoms with Gasteiger partial charge in [-0.2, -0.15) is 0 Å². The molecule has 1 unspecified atom stereocenters. The first-order valence-electron chi connectivity index (χ1n) is 6.68. The molecule has 0 amide bonds. The van der Waals surface area contributed by atoms with Crippen LogP contribution in [0.15, 0.2) is 18.2 Å². The summed E-state index contributed by atoms with van der Waals surface area (Å²) >= 11 is 0. The standard InChI is InChI=1S/C15H23NO/c1-3-11-10-13(8-9-14(11)17-2)15(16)12-6-4-5-7-12/h8-10,12,15H,3-7,16H2,1-2H3. The summed E-state index contributed by atoms with van der Waals surface area (Å²) in [7, 11) is 1.73. The third kappa shape index (κ3) is 2.63. The van der Waals surface area contributed by atoms with Crippen molar-refractivity contribution in [3.8, 4) is 5.75 Å². The van der Waals surface area contributed by atoms with Gasteiger partial charge in [-0.15, -0.1) is 0 Å². The molecule has 0 saturated heterocycles. The zero-order valence-electron chi connectivity index (χ0n) is 10.9. The van der Waals surface area contributed by atoms with Gasteiger partial charge in [0.1, 0.15) is 5.75 Å². The highest BCUT2D eigenvalue weighted by atomic mass is 16.5. The van der Waals surface area contributed by atoms with Crippen LogP contribution in [0.2, 0.25) is 0 Å². The lowest BCUT2D eigenvalue weighted by atomic mass is 9.91. The van der Waals surface area contributed by atoms with Crippen LogP contribution in [0.4, 0.5) is 0 Å². The summed E-state index contributed by atoms with van der Waals surface area (Å²) in [5, 5.41) is 0. The van der Waals surface area contributed by atoms with E-state index in [1.165, 1.54) is 36.8 Å². The second kappa shape index (κ2) is 5.54. The van der Waals surface area contributed by atoms with E-state index in [0.29, 0.717) is 5.92 Å². The minimum absolute atomic E-state index is 0.203. The maximum absolute atomic E-state index is 6.37. The lowest BCUT2D eigenvalue weighted by molar-refractivity contribution is 0.408. The molecule has 1 aliphatic carbocycles. The normalized spacial score (nSPS) is 18.3. The van der Waals surface area contributed by atoms with E-state index in [9.17, 15) is 0 Å². The van der Waals surface area contributed by atoms with E-state index in [1.807, 2.05) is 0 Å². The van der Waals surface area contributed by atoms with Crippen LogP contribution in [-0.2, 0) is 6.42 Å². The number of benzene rings is 1. The second-order valence-corrected chi connectivity index (χ2v) is 5.00. The van der Waals surface area contributed by atoms with Crippen molar-refractivity contribution in [2.24, 2.45) is 11.7 Å². The Kier molecular flexibility index (Phi) is 4.06. The van der Waals surface area contributed by atoms with Crippen LogP contribution in [0.1, 0.15) is 49.8 Å². The van der Waals surface area contributed by atoms with Crippen molar-refractivity contribution in [2.45, 2.75) is 45.1 Å². The van der Waals surface area contributed by atoms with Crippen molar-refractivity contribution < 1.29 is 4.74 Å². The third-order valence-corrected chi connectivity index (χ3v) is 3.98. The van der Waals surface area contributed by atoms with E-state index in [2.05, 4.69) is 25.1 Å². The molecule has 1 saturated carbocycles. The molecule has 2 nitrogen and oxygen atoms in total. The zero-order chi connectivity index (χ0) is 12.3. The van der Waals surface area contributed by atoms with E-state index in [1.54, 1.807) is 7.11 Å². The molecule has 0 radical (unpaired) electrons. The Hall–Kier alpha value is -1.02. The maximum atomic E-state index is 6.37. The first-order valence-corrected chi connectivity index (χ1v) is 6.68. The third-order valence-electron chi connectivity index (χ3n) is 3.98. The Morgan fingerprint density at radius 1 is 1.35 bits per heavy atom. The molecule has 0 spiro atoms. The summed E-state index contributed by atoms with van der Waals surface area (Å²) in [4.78, 5) is 0.